The third-order valence-corrected chi connectivity index (χ3v) is 4.43. The van der Waals surface area contributed by atoms with Gasteiger partial charge in [-0.2, -0.15) is 0 Å². The SMILES string of the molecule is Cc1c(Cl)c(O)c(C=CCCCCCOC(=O)C(C)(C)C)c(O)c1C=O. The number of phenolic OH excluding ortho intramolecular Hbond substituents is 2. The molecule has 0 saturated carbocycles. The summed E-state index contributed by atoms with van der Waals surface area (Å²) in [5.41, 5.74) is 0.0798. The predicted molar refractivity (Wildman–Crippen MR) is 103 cm³/mol. The Morgan fingerprint density at radius 3 is 2.35 bits per heavy atom. The van der Waals surface area contributed by atoms with E-state index in [0.29, 0.717) is 24.9 Å². The zero-order valence-corrected chi connectivity index (χ0v) is 16.5. The Morgan fingerprint density at radius 1 is 1.12 bits per heavy atom. The Hall–Kier alpha value is -2.01. The topological polar surface area (TPSA) is 83.8 Å². The zero-order chi connectivity index (χ0) is 19.9. The van der Waals surface area contributed by atoms with E-state index in [0.717, 1.165) is 19.3 Å². The Bertz CT molecular complexity index is 687. The molecule has 0 bridgehead atoms. The van der Waals surface area contributed by atoms with Gasteiger partial charge in [0.05, 0.1) is 28.2 Å². The zero-order valence-electron chi connectivity index (χ0n) is 15.8. The molecule has 0 fully saturated rings. The molecule has 6 heteroatoms. The van der Waals surface area contributed by atoms with Crippen molar-refractivity contribution in [3.8, 4) is 11.5 Å². The van der Waals surface area contributed by atoms with Gasteiger partial charge in [-0.15, -0.1) is 0 Å². The summed E-state index contributed by atoms with van der Waals surface area (Å²) in [6.07, 6.45) is 7.12. The molecule has 0 atom stereocenters. The van der Waals surface area contributed by atoms with Crippen molar-refractivity contribution in [1.82, 2.24) is 0 Å². The van der Waals surface area contributed by atoms with E-state index in [2.05, 4.69) is 0 Å². The second-order valence-corrected chi connectivity index (χ2v) is 7.60. The molecule has 0 radical (unpaired) electrons. The Labute approximate surface area is 159 Å². The number of halogens is 1. The third-order valence-electron chi connectivity index (χ3n) is 3.97. The van der Waals surface area contributed by atoms with Crippen LogP contribution in [0.2, 0.25) is 5.02 Å². The maximum absolute atomic E-state index is 11.6. The van der Waals surface area contributed by atoms with E-state index in [4.69, 9.17) is 16.3 Å². The molecule has 1 aromatic rings. The van der Waals surface area contributed by atoms with Gasteiger partial charge in [0, 0.05) is 0 Å². The maximum atomic E-state index is 11.6. The normalized spacial score (nSPS) is 11.7. The van der Waals surface area contributed by atoms with E-state index >= 15 is 0 Å². The first kappa shape index (κ1) is 22.0. The number of esters is 1. The number of aromatic hydroxyl groups is 2. The maximum Gasteiger partial charge on any atom is 0.311 e. The molecule has 0 amide bonds. The smallest absolute Gasteiger partial charge is 0.311 e. The summed E-state index contributed by atoms with van der Waals surface area (Å²) in [5.74, 6) is -0.715. The van der Waals surface area contributed by atoms with Crippen LogP contribution >= 0.6 is 11.6 Å². The number of carbonyl (C=O) groups is 2. The number of benzene rings is 1. The number of phenols is 2. The van der Waals surface area contributed by atoms with Crippen LogP contribution < -0.4 is 0 Å². The molecule has 1 rings (SSSR count). The lowest BCUT2D eigenvalue weighted by molar-refractivity contribution is -0.153. The molecule has 0 spiro atoms. The standard InChI is InChI=1S/C20H27ClO5/c1-13-15(12-22)17(23)14(18(24)16(13)21)10-8-6-5-7-9-11-26-19(25)20(2,3)4/h8,10,12,23-24H,5-7,9,11H2,1-4H3. The number of carbonyl (C=O) groups excluding carboxylic acids is 2. The van der Waals surface area contributed by atoms with Crippen LogP contribution in [0.25, 0.3) is 6.08 Å². The average molecular weight is 383 g/mol. The fraction of sp³-hybridized carbons (Fsp3) is 0.500. The van der Waals surface area contributed by atoms with Crippen molar-refractivity contribution >= 4 is 29.9 Å². The number of ether oxygens (including phenoxy) is 1. The fourth-order valence-corrected chi connectivity index (χ4v) is 2.48. The number of aldehydes is 1. The van der Waals surface area contributed by atoms with Crippen LogP contribution in [-0.2, 0) is 9.53 Å². The molecule has 1 aromatic carbocycles. The molecule has 0 aliphatic heterocycles. The minimum Gasteiger partial charge on any atom is -0.506 e. The molecule has 0 heterocycles. The molecular weight excluding hydrogens is 356 g/mol. The van der Waals surface area contributed by atoms with Crippen molar-refractivity contribution in [2.45, 2.75) is 53.4 Å². The molecule has 2 N–H and O–H groups in total. The summed E-state index contributed by atoms with van der Waals surface area (Å²) in [6.45, 7) is 7.41. The van der Waals surface area contributed by atoms with Crippen molar-refractivity contribution in [3.63, 3.8) is 0 Å². The highest BCUT2D eigenvalue weighted by Crippen LogP contribution is 2.40. The second-order valence-electron chi connectivity index (χ2n) is 7.22. The van der Waals surface area contributed by atoms with Crippen LogP contribution in [0.15, 0.2) is 6.08 Å². The van der Waals surface area contributed by atoms with Crippen LogP contribution in [0.4, 0.5) is 0 Å². The predicted octanol–water partition coefficient (Wildman–Crippen LogP) is 5.04. The van der Waals surface area contributed by atoms with Gasteiger partial charge in [-0.05, 0) is 58.9 Å². The van der Waals surface area contributed by atoms with Gasteiger partial charge in [-0.3, -0.25) is 9.59 Å². The van der Waals surface area contributed by atoms with Gasteiger partial charge in [0.2, 0.25) is 0 Å². The molecular formula is C20H27ClO5. The molecule has 144 valence electrons. The molecule has 0 aliphatic carbocycles. The fourth-order valence-electron chi connectivity index (χ4n) is 2.27. The Kier molecular flexibility index (Phi) is 8.15. The number of allylic oxidation sites excluding steroid dienone is 1. The molecule has 0 unspecified atom stereocenters. The van der Waals surface area contributed by atoms with Gasteiger partial charge in [0.25, 0.3) is 0 Å². The number of hydrogen-bond donors (Lipinski definition) is 2. The van der Waals surface area contributed by atoms with Crippen LogP contribution in [0.3, 0.4) is 0 Å². The highest BCUT2D eigenvalue weighted by molar-refractivity contribution is 6.33. The van der Waals surface area contributed by atoms with Gasteiger partial charge in [-0.25, -0.2) is 0 Å². The van der Waals surface area contributed by atoms with E-state index < -0.39 is 5.41 Å². The van der Waals surface area contributed by atoms with Gasteiger partial charge in [0.15, 0.2) is 6.29 Å². The number of unbranched alkanes of at least 4 members (excludes halogenated alkanes) is 3. The lowest BCUT2D eigenvalue weighted by Gasteiger charge is -2.16. The van der Waals surface area contributed by atoms with E-state index in [1.807, 2.05) is 20.8 Å². The van der Waals surface area contributed by atoms with Crippen LogP contribution in [0, 0.1) is 12.3 Å². The van der Waals surface area contributed by atoms with Gasteiger partial charge < -0.3 is 14.9 Å². The van der Waals surface area contributed by atoms with Gasteiger partial charge in [-0.1, -0.05) is 23.8 Å². The number of rotatable bonds is 8. The quantitative estimate of drug-likeness (QED) is 0.374. The van der Waals surface area contributed by atoms with Crippen molar-refractivity contribution in [3.05, 3.63) is 27.8 Å². The van der Waals surface area contributed by atoms with Gasteiger partial charge in [0.1, 0.15) is 11.5 Å². The summed E-state index contributed by atoms with van der Waals surface area (Å²) in [6, 6.07) is 0. The molecule has 0 saturated heterocycles. The summed E-state index contributed by atoms with van der Waals surface area (Å²) in [5, 5.41) is 20.2. The van der Waals surface area contributed by atoms with Crippen molar-refractivity contribution in [1.29, 1.82) is 0 Å². The van der Waals surface area contributed by atoms with Crippen LogP contribution in [-0.4, -0.2) is 29.1 Å². The molecule has 0 aliphatic rings. The highest BCUT2D eigenvalue weighted by Gasteiger charge is 2.22. The second kappa shape index (κ2) is 9.62. The molecule has 26 heavy (non-hydrogen) atoms. The summed E-state index contributed by atoms with van der Waals surface area (Å²) < 4.78 is 5.19. The summed E-state index contributed by atoms with van der Waals surface area (Å²) >= 11 is 6.00. The first-order valence-electron chi connectivity index (χ1n) is 8.64. The Morgan fingerprint density at radius 2 is 1.77 bits per heavy atom. The summed E-state index contributed by atoms with van der Waals surface area (Å²) in [4.78, 5) is 22.7. The molecule has 5 nitrogen and oxygen atoms in total. The number of hydrogen-bond acceptors (Lipinski definition) is 5. The first-order valence-corrected chi connectivity index (χ1v) is 9.02. The van der Waals surface area contributed by atoms with Crippen molar-refractivity contribution < 1.29 is 24.5 Å². The third kappa shape index (κ3) is 5.77. The van der Waals surface area contributed by atoms with E-state index in [1.165, 1.54) is 0 Å². The van der Waals surface area contributed by atoms with Crippen LogP contribution in [0.1, 0.15) is 67.9 Å². The molecule has 0 aromatic heterocycles. The first-order chi connectivity index (χ1) is 12.1. The highest BCUT2D eigenvalue weighted by atomic mass is 35.5. The van der Waals surface area contributed by atoms with E-state index in [1.54, 1.807) is 19.1 Å². The lowest BCUT2D eigenvalue weighted by atomic mass is 9.97. The minimum atomic E-state index is -0.484. The van der Waals surface area contributed by atoms with E-state index in [-0.39, 0.29) is 33.6 Å². The van der Waals surface area contributed by atoms with Crippen molar-refractivity contribution in [2.75, 3.05) is 6.61 Å². The van der Waals surface area contributed by atoms with Crippen molar-refractivity contribution in [2.24, 2.45) is 5.41 Å². The monoisotopic (exact) mass is 382 g/mol. The largest absolute Gasteiger partial charge is 0.506 e. The summed E-state index contributed by atoms with van der Waals surface area (Å²) in [7, 11) is 0. The average Bonchev–Trinajstić information content (AvgIpc) is 2.57. The van der Waals surface area contributed by atoms with Crippen LogP contribution in [0.5, 0.6) is 11.5 Å². The van der Waals surface area contributed by atoms with Gasteiger partial charge >= 0.3 is 5.97 Å². The van der Waals surface area contributed by atoms with E-state index in [9.17, 15) is 19.8 Å². The lowest BCUT2D eigenvalue weighted by Crippen LogP contribution is -2.23. The minimum absolute atomic E-state index is 0.0604. The Balaban J connectivity index is 2.50.